The van der Waals surface area contributed by atoms with Gasteiger partial charge in [-0.2, -0.15) is 0 Å². The maximum Gasteiger partial charge on any atom is 0.269 e. The van der Waals surface area contributed by atoms with Crippen LogP contribution in [0.1, 0.15) is 33.3 Å². The van der Waals surface area contributed by atoms with E-state index < -0.39 is 10.2 Å². The molecule has 37 heavy (non-hydrogen) atoms. The summed E-state index contributed by atoms with van der Waals surface area (Å²) in [6, 6.07) is 19.3. The third-order valence-corrected chi connectivity index (χ3v) is 7.07. The lowest BCUT2D eigenvalue weighted by molar-refractivity contribution is -0.479. The van der Waals surface area contributed by atoms with Crippen molar-refractivity contribution in [2.75, 3.05) is 6.54 Å². The second-order valence-electron chi connectivity index (χ2n) is 8.54. The fourth-order valence-corrected chi connectivity index (χ4v) is 4.93. The zero-order chi connectivity index (χ0) is 26.5. The number of thioether (sulfide) groups is 1. The number of ether oxygens (including phenoxy) is 1. The molecule has 0 saturated heterocycles. The van der Waals surface area contributed by atoms with E-state index in [0.717, 1.165) is 16.8 Å². The lowest BCUT2D eigenvalue weighted by Gasteiger charge is -2.15. The summed E-state index contributed by atoms with van der Waals surface area (Å²) in [5.74, 6) is 1.24. The largest absolute Gasteiger partial charge is 0.489 e. The van der Waals surface area contributed by atoms with E-state index in [9.17, 15) is 20.2 Å². The van der Waals surface area contributed by atoms with Crippen molar-refractivity contribution in [1.29, 1.82) is 0 Å². The van der Waals surface area contributed by atoms with Gasteiger partial charge in [0.15, 0.2) is 5.16 Å². The molecule has 0 radical (unpaired) electrons. The molecule has 1 aromatic heterocycles. The van der Waals surface area contributed by atoms with Crippen LogP contribution in [0.4, 0.5) is 5.69 Å². The number of aryl methyl sites for hydroxylation is 3. The number of non-ortho nitro benzene ring substituents is 1. The van der Waals surface area contributed by atoms with Gasteiger partial charge >= 0.3 is 0 Å². The van der Waals surface area contributed by atoms with E-state index in [-0.39, 0.29) is 23.8 Å². The molecule has 0 aliphatic heterocycles. The maximum atomic E-state index is 11.5. The molecule has 4 aromatic rings. The highest BCUT2D eigenvalue weighted by molar-refractivity contribution is 7.99. The predicted molar refractivity (Wildman–Crippen MR) is 140 cm³/mol. The monoisotopic (exact) mass is 519 g/mol. The Morgan fingerprint density at radius 3 is 2.38 bits per heavy atom. The molecule has 3 aromatic carbocycles. The Kier molecular flexibility index (Phi) is 7.83. The van der Waals surface area contributed by atoms with Crippen molar-refractivity contribution in [2.45, 2.75) is 37.8 Å². The van der Waals surface area contributed by atoms with E-state index in [0.29, 0.717) is 22.3 Å². The van der Waals surface area contributed by atoms with Crippen molar-refractivity contribution in [2.24, 2.45) is 0 Å². The summed E-state index contributed by atoms with van der Waals surface area (Å²) in [4.78, 5) is 21.7. The van der Waals surface area contributed by atoms with E-state index in [1.165, 1.54) is 29.5 Å². The standard InChI is InChI=1S/C26H25N5O5S/c1-17-7-10-22(13-18(17)2)30-19(3)27-28-26(30)37-25(15-29(32)33)21-8-11-24(12-9-21)36-16-20-5-4-6-23(14-20)31(34)35/h4-14,25H,15-16H2,1-3H3/t25-/m0/s1. The van der Waals surface area contributed by atoms with Gasteiger partial charge in [0.05, 0.1) is 4.92 Å². The molecule has 4 rings (SSSR count). The van der Waals surface area contributed by atoms with Crippen molar-refractivity contribution in [3.05, 3.63) is 115 Å². The van der Waals surface area contributed by atoms with Gasteiger partial charge in [0, 0.05) is 22.7 Å². The highest BCUT2D eigenvalue weighted by Crippen LogP contribution is 2.36. The molecule has 1 atom stereocenters. The minimum atomic E-state index is -0.505. The van der Waals surface area contributed by atoms with Crippen LogP contribution in [0.3, 0.4) is 0 Å². The third kappa shape index (κ3) is 6.31. The molecular formula is C26H25N5O5S. The lowest BCUT2D eigenvalue weighted by atomic mass is 10.1. The average Bonchev–Trinajstić information content (AvgIpc) is 3.24. The molecule has 0 amide bonds. The zero-order valence-corrected chi connectivity index (χ0v) is 21.3. The predicted octanol–water partition coefficient (Wildman–Crippen LogP) is 5.79. The van der Waals surface area contributed by atoms with Crippen LogP contribution in [0.2, 0.25) is 0 Å². The van der Waals surface area contributed by atoms with Gasteiger partial charge in [-0.25, -0.2) is 0 Å². The first-order chi connectivity index (χ1) is 17.7. The first-order valence-electron chi connectivity index (χ1n) is 11.5. The topological polar surface area (TPSA) is 126 Å². The smallest absolute Gasteiger partial charge is 0.269 e. The van der Waals surface area contributed by atoms with Gasteiger partial charge in [0.2, 0.25) is 6.54 Å². The molecule has 0 saturated carbocycles. The van der Waals surface area contributed by atoms with Crippen LogP contribution in [-0.4, -0.2) is 31.2 Å². The summed E-state index contributed by atoms with van der Waals surface area (Å²) in [6.07, 6.45) is 0. The number of nitro groups is 2. The van der Waals surface area contributed by atoms with Crippen molar-refractivity contribution in [3.63, 3.8) is 0 Å². The summed E-state index contributed by atoms with van der Waals surface area (Å²) in [6.45, 7) is 5.79. The molecule has 0 bridgehead atoms. The Morgan fingerprint density at radius 1 is 0.946 bits per heavy atom. The first kappa shape index (κ1) is 25.8. The number of nitrogens with zero attached hydrogens (tertiary/aromatic N) is 5. The number of aromatic nitrogens is 3. The number of nitro benzene ring substituents is 1. The van der Waals surface area contributed by atoms with Crippen molar-refractivity contribution >= 4 is 17.4 Å². The fourth-order valence-electron chi connectivity index (χ4n) is 3.76. The molecule has 190 valence electrons. The van der Waals surface area contributed by atoms with Crippen molar-refractivity contribution in [3.8, 4) is 11.4 Å². The second-order valence-corrected chi connectivity index (χ2v) is 9.71. The molecular weight excluding hydrogens is 494 g/mol. The van der Waals surface area contributed by atoms with Crippen LogP contribution in [0.25, 0.3) is 5.69 Å². The second kappa shape index (κ2) is 11.2. The molecule has 10 nitrogen and oxygen atoms in total. The fraction of sp³-hybridized carbons (Fsp3) is 0.231. The Morgan fingerprint density at radius 2 is 1.70 bits per heavy atom. The normalized spacial score (nSPS) is 11.8. The molecule has 0 fully saturated rings. The molecule has 11 heteroatoms. The Bertz CT molecular complexity index is 1440. The minimum absolute atomic E-state index is 0.0000189. The van der Waals surface area contributed by atoms with Gasteiger partial charge in [0.1, 0.15) is 23.4 Å². The number of hydrogen-bond donors (Lipinski definition) is 0. The van der Waals surface area contributed by atoms with Crippen LogP contribution >= 0.6 is 11.8 Å². The molecule has 0 aliphatic rings. The maximum absolute atomic E-state index is 11.5. The van der Waals surface area contributed by atoms with Crippen LogP contribution in [0.15, 0.2) is 71.9 Å². The van der Waals surface area contributed by atoms with E-state index >= 15 is 0 Å². The Labute approximate surface area is 217 Å². The highest BCUT2D eigenvalue weighted by Gasteiger charge is 2.24. The molecule has 0 unspecified atom stereocenters. The summed E-state index contributed by atoms with van der Waals surface area (Å²) in [7, 11) is 0. The van der Waals surface area contributed by atoms with E-state index in [2.05, 4.69) is 10.2 Å². The van der Waals surface area contributed by atoms with Gasteiger partial charge in [-0.05, 0) is 67.3 Å². The third-order valence-electron chi connectivity index (χ3n) is 5.89. The quantitative estimate of drug-likeness (QED) is 0.146. The van der Waals surface area contributed by atoms with Crippen molar-refractivity contribution in [1.82, 2.24) is 14.8 Å². The van der Waals surface area contributed by atoms with Gasteiger partial charge < -0.3 is 4.74 Å². The first-order valence-corrected chi connectivity index (χ1v) is 12.3. The number of rotatable bonds is 10. The van der Waals surface area contributed by atoms with Crippen LogP contribution in [0.5, 0.6) is 5.75 Å². The van der Waals surface area contributed by atoms with E-state index in [1.807, 2.05) is 43.5 Å². The molecule has 1 heterocycles. The number of hydrogen-bond acceptors (Lipinski definition) is 8. The average molecular weight is 520 g/mol. The zero-order valence-electron chi connectivity index (χ0n) is 20.5. The minimum Gasteiger partial charge on any atom is -0.489 e. The van der Waals surface area contributed by atoms with Crippen LogP contribution in [0, 0.1) is 41.0 Å². The SMILES string of the molecule is Cc1ccc(-n2c(C)nnc2S[C@@H](C[N+](=O)[O-])c2ccc(OCc3cccc([N+](=O)[O-])c3)cc2)cc1C. The molecule has 0 aliphatic carbocycles. The van der Waals surface area contributed by atoms with Gasteiger partial charge in [-0.1, -0.05) is 42.1 Å². The van der Waals surface area contributed by atoms with E-state index in [4.69, 9.17) is 4.74 Å². The van der Waals surface area contributed by atoms with Crippen LogP contribution < -0.4 is 4.74 Å². The summed E-state index contributed by atoms with van der Waals surface area (Å²) in [5.41, 5.74) is 4.61. The Hall–Kier alpha value is -4.25. The molecule has 0 N–H and O–H groups in total. The number of benzene rings is 3. The summed E-state index contributed by atoms with van der Waals surface area (Å²) < 4.78 is 7.68. The van der Waals surface area contributed by atoms with E-state index in [1.54, 1.807) is 36.4 Å². The van der Waals surface area contributed by atoms with Gasteiger partial charge in [-0.15, -0.1) is 10.2 Å². The van der Waals surface area contributed by atoms with Crippen molar-refractivity contribution < 1.29 is 14.6 Å². The van der Waals surface area contributed by atoms with Gasteiger partial charge in [-0.3, -0.25) is 24.8 Å². The highest BCUT2D eigenvalue weighted by atomic mass is 32.2. The lowest BCUT2D eigenvalue weighted by Crippen LogP contribution is -2.11. The summed E-state index contributed by atoms with van der Waals surface area (Å²) in [5, 5.41) is 31.0. The summed E-state index contributed by atoms with van der Waals surface area (Å²) >= 11 is 1.29. The Balaban J connectivity index is 1.53. The van der Waals surface area contributed by atoms with Crippen LogP contribution in [-0.2, 0) is 6.61 Å². The van der Waals surface area contributed by atoms with Gasteiger partial charge in [0.25, 0.3) is 5.69 Å². The molecule has 0 spiro atoms.